The zero-order valence-corrected chi connectivity index (χ0v) is 13.3. The highest BCUT2D eigenvalue weighted by Gasteiger charge is 2.20. The van der Waals surface area contributed by atoms with Crippen molar-refractivity contribution in [2.24, 2.45) is 0 Å². The van der Waals surface area contributed by atoms with Gasteiger partial charge in [-0.3, -0.25) is 4.21 Å². The number of hydrogen-bond donors (Lipinski definition) is 1. The van der Waals surface area contributed by atoms with Crippen LogP contribution in [0.25, 0.3) is 0 Å². The topological polar surface area (TPSA) is 32.3 Å². The Labute approximate surface area is 115 Å². The fourth-order valence-corrected chi connectivity index (χ4v) is 3.32. The third-order valence-corrected chi connectivity index (χ3v) is 4.88. The van der Waals surface area contributed by atoms with Crippen LogP contribution in [0.1, 0.15) is 46.5 Å². The molecule has 0 spiro atoms. The summed E-state index contributed by atoms with van der Waals surface area (Å²) in [6.07, 6.45) is 6.53. The second-order valence-electron chi connectivity index (χ2n) is 5.70. The maximum absolute atomic E-state index is 11.2. The van der Waals surface area contributed by atoms with Gasteiger partial charge in [-0.25, -0.2) is 0 Å². The van der Waals surface area contributed by atoms with Crippen LogP contribution in [-0.4, -0.2) is 52.3 Å². The lowest BCUT2D eigenvalue weighted by atomic mass is 10.0. The van der Waals surface area contributed by atoms with Gasteiger partial charge in [0.25, 0.3) is 0 Å². The molecule has 4 heteroatoms. The molecule has 0 saturated carbocycles. The molecule has 1 fully saturated rings. The average Bonchev–Trinajstić information content (AvgIpc) is 2.31. The first-order valence-corrected chi connectivity index (χ1v) is 9.05. The van der Waals surface area contributed by atoms with Gasteiger partial charge in [-0.2, -0.15) is 0 Å². The SMILES string of the molecule is CCC1CCN(C(C)CCS(C)=O)CCC(C)N1. The first-order valence-electron chi connectivity index (χ1n) is 7.33. The fraction of sp³-hybridized carbons (Fsp3) is 1.00. The van der Waals surface area contributed by atoms with E-state index in [-0.39, 0.29) is 0 Å². The Balaban J connectivity index is 2.45. The molecule has 0 amide bonds. The minimum atomic E-state index is -0.653. The number of nitrogens with one attached hydrogen (secondary N) is 1. The summed E-state index contributed by atoms with van der Waals surface area (Å²) < 4.78 is 11.2. The summed E-state index contributed by atoms with van der Waals surface area (Å²) in [5, 5.41) is 3.70. The quantitative estimate of drug-likeness (QED) is 0.832. The molecule has 1 rings (SSSR count). The second kappa shape index (κ2) is 8.28. The Bertz CT molecular complexity index is 260. The predicted molar refractivity (Wildman–Crippen MR) is 80.5 cm³/mol. The lowest BCUT2D eigenvalue weighted by molar-refractivity contribution is 0.165. The van der Waals surface area contributed by atoms with Crippen LogP contribution >= 0.6 is 0 Å². The van der Waals surface area contributed by atoms with Crippen molar-refractivity contribution in [2.45, 2.75) is 64.6 Å². The van der Waals surface area contributed by atoms with E-state index in [1.54, 1.807) is 6.26 Å². The van der Waals surface area contributed by atoms with Crippen LogP contribution in [0.2, 0.25) is 0 Å². The Hall–Kier alpha value is 0.0700. The maximum atomic E-state index is 11.2. The van der Waals surface area contributed by atoms with Crippen molar-refractivity contribution >= 4 is 10.8 Å². The minimum absolute atomic E-state index is 0.566. The molecule has 0 radical (unpaired) electrons. The van der Waals surface area contributed by atoms with Gasteiger partial charge in [0.05, 0.1) is 0 Å². The van der Waals surface area contributed by atoms with Crippen LogP contribution in [0.3, 0.4) is 0 Å². The van der Waals surface area contributed by atoms with E-state index in [1.807, 2.05) is 0 Å². The average molecular weight is 274 g/mol. The van der Waals surface area contributed by atoms with Crippen molar-refractivity contribution in [3.05, 3.63) is 0 Å². The third kappa shape index (κ3) is 5.81. The Morgan fingerprint density at radius 3 is 2.67 bits per heavy atom. The largest absolute Gasteiger partial charge is 0.311 e. The number of rotatable bonds is 5. The maximum Gasteiger partial charge on any atom is 0.0246 e. The number of hydrogen-bond acceptors (Lipinski definition) is 3. The molecule has 0 aromatic rings. The van der Waals surface area contributed by atoms with E-state index in [2.05, 4.69) is 31.0 Å². The zero-order valence-electron chi connectivity index (χ0n) is 12.4. The van der Waals surface area contributed by atoms with Crippen molar-refractivity contribution in [1.29, 1.82) is 0 Å². The van der Waals surface area contributed by atoms with E-state index in [0.717, 1.165) is 12.2 Å². The number of nitrogens with zero attached hydrogens (tertiary/aromatic N) is 1. The van der Waals surface area contributed by atoms with Crippen molar-refractivity contribution in [2.75, 3.05) is 25.1 Å². The van der Waals surface area contributed by atoms with Gasteiger partial charge < -0.3 is 10.2 Å². The van der Waals surface area contributed by atoms with Crippen LogP contribution < -0.4 is 5.32 Å². The monoisotopic (exact) mass is 274 g/mol. The summed E-state index contributed by atoms with van der Waals surface area (Å²) in [5.41, 5.74) is 0. The first kappa shape index (κ1) is 16.1. The van der Waals surface area contributed by atoms with E-state index in [0.29, 0.717) is 18.1 Å². The van der Waals surface area contributed by atoms with Crippen molar-refractivity contribution < 1.29 is 4.21 Å². The Morgan fingerprint density at radius 2 is 2.06 bits per heavy atom. The van der Waals surface area contributed by atoms with Gasteiger partial charge in [0, 0.05) is 40.9 Å². The van der Waals surface area contributed by atoms with Crippen LogP contribution in [0.15, 0.2) is 0 Å². The van der Waals surface area contributed by atoms with Gasteiger partial charge in [0.1, 0.15) is 0 Å². The molecular weight excluding hydrogens is 244 g/mol. The lowest BCUT2D eigenvalue weighted by Crippen LogP contribution is -2.46. The molecule has 4 unspecified atom stereocenters. The van der Waals surface area contributed by atoms with E-state index < -0.39 is 10.8 Å². The molecule has 0 bridgehead atoms. The lowest BCUT2D eigenvalue weighted by Gasteiger charge is -2.35. The zero-order chi connectivity index (χ0) is 13.5. The Morgan fingerprint density at radius 1 is 1.39 bits per heavy atom. The molecule has 1 heterocycles. The predicted octanol–water partition coefficient (Wildman–Crippen LogP) is 2.00. The highest BCUT2D eigenvalue weighted by Crippen LogP contribution is 2.13. The van der Waals surface area contributed by atoms with Gasteiger partial charge in [-0.15, -0.1) is 0 Å². The summed E-state index contributed by atoms with van der Waals surface area (Å²) in [7, 11) is -0.653. The van der Waals surface area contributed by atoms with Gasteiger partial charge >= 0.3 is 0 Å². The standard InChI is InChI=1S/C14H30N2OS/c1-5-14-7-10-16(9-6-12(2)15-14)13(3)8-11-18(4)17/h12-15H,5-11H2,1-4H3. The van der Waals surface area contributed by atoms with Gasteiger partial charge in [0.15, 0.2) is 0 Å². The van der Waals surface area contributed by atoms with Crippen molar-refractivity contribution in [3.63, 3.8) is 0 Å². The highest BCUT2D eigenvalue weighted by atomic mass is 32.2. The van der Waals surface area contributed by atoms with Crippen LogP contribution in [-0.2, 0) is 10.8 Å². The smallest absolute Gasteiger partial charge is 0.0246 e. The molecule has 0 aliphatic carbocycles. The Kier molecular flexibility index (Phi) is 7.42. The van der Waals surface area contributed by atoms with Gasteiger partial charge in [0.2, 0.25) is 0 Å². The summed E-state index contributed by atoms with van der Waals surface area (Å²) in [6, 6.07) is 1.84. The van der Waals surface area contributed by atoms with Crippen LogP contribution in [0.5, 0.6) is 0 Å². The molecule has 0 aromatic carbocycles. The molecular formula is C14H30N2OS. The summed E-state index contributed by atoms with van der Waals surface area (Å²) in [5.74, 6) is 0.836. The molecule has 4 atom stereocenters. The molecule has 3 nitrogen and oxygen atoms in total. The third-order valence-electron chi connectivity index (χ3n) is 4.07. The summed E-state index contributed by atoms with van der Waals surface area (Å²) in [6.45, 7) is 9.18. The molecule has 18 heavy (non-hydrogen) atoms. The summed E-state index contributed by atoms with van der Waals surface area (Å²) in [4.78, 5) is 2.59. The van der Waals surface area contributed by atoms with Crippen LogP contribution in [0, 0.1) is 0 Å². The van der Waals surface area contributed by atoms with Gasteiger partial charge in [-0.1, -0.05) is 6.92 Å². The van der Waals surface area contributed by atoms with Gasteiger partial charge in [-0.05, 0) is 52.6 Å². The van der Waals surface area contributed by atoms with E-state index >= 15 is 0 Å². The molecule has 108 valence electrons. The first-order chi connectivity index (χ1) is 8.52. The highest BCUT2D eigenvalue weighted by molar-refractivity contribution is 7.84. The molecule has 1 aliphatic rings. The van der Waals surface area contributed by atoms with Crippen molar-refractivity contribution in [3.8, 4) is 0 Å². The second-order valence-corrected chi connectivity index (χ2v) is 7.26. The molecule has 0 aromatic heterocycles. The molecule has 1 N–H and O–H groups in total. The molecule has 1 aliphatic heterocycles. The normalized spacial score (nSPS) is 30.4. The minimum Gasteiger partial charge on any atom is -0.311 e. The fourth-order valence-electron chi connectivity index (χ4n) is 2.64. The van der Waals surface area contributed by atoms with Crippen molar-refractivity contribution in [1.82, 2.24) is 10.2 Å². The van der Waals surface area contributed by atoms with Crippen LogP contribution in [0.4, 0.5) is 0 Å². The summed E-state index contributed by atoms with van der Waals surface area (Å²) >= 11 is 0. The van der Waals surface area contributed by atoms with E-state index in [9.17, 15) is 4.21 Å². The molecule has 1 saturated heterocycles. The van der Waals surface area contributed by atoms with E-state index in [1.165, 1.54) is 32.4 Å². The van der Waals surface area contributed by atoms with E-state index in [4.69, 9.17) is 0 Å².